The van der Waals surface area contributed by atoms with E-state index in [4.69, 9.17) is 11.6 Å². The molecule has 1 aromatic carbocycles. The van der Waals surface area contributed by atoms with E-state index in [1.165, 1.54) is 24.3 Å². The Labute approximate surface area is 155 Å². The molecule has 0 fully saturated rings. The second kappa shape index (κ2) is 9.20. The van der Waals surface area contributed by atoms with Gasteiger partial charge in [0.15, 0.2) is 0 Å². The third-order valence-corrected chi connectivity index (χ3v) is 4.86. The average Bonchev–Trinajstić information content (AvgIpc) is 3.08. The van der Waals surface area contributed by atoms with E-state index in [1.807, 2.05) is 4.72 Å². The fourth-order valence-corrected chi connectivity index (χ4v) is 3.02. The monoisotopic (exact) mass is 399 g/mol. The molecule has 4 N–H and O–H groups in total. The van der Waals surface area contributed by atoms with E-state index in [1.54, 1.807) is 12.5 Å². The molecular formula is C15H18ClN5O4S. The minimum Gasteiger partial charge on any atom is -0.356 e. The third kappa shape index (κ3) is 6.37. The van der Waals surface area contributed by atoms with Crippen LogP contribution in [-0.4, -0.2) is 43.4 Å². The van der Waals surface area contributed by atoms with Crippen LogP contribution in [0.25, 0.3) is 0 Å². The van der Waals surface area contributed by atoms with Crippen molar-refractivity contribution in [3.8, 4) is 0 Å². The summed E-state index contributed by atoms with van der Waals surface area (Å²) in [5.74, 6) is -0.259. The summed E-state index contributed by atoms with van der Waals surface area (Å²) >= 11 is 5.69. The number of carbonyl (C=O) groups is 2. The highest BCUT2D eigenvalue weighted by Gasteiger charge is 2.17. The van der Waals surface area contributed by atoms with Crippen molar-refractivity contribution < 1.29 is 18.0 Å². The van der Waals surface area contributed by atoms with Gasteiger partial charge in [-0.2, -0.15) is 0 Å². The number of amides is 3. The number of rotatable bonds is 8. The number of aromatic amines is 1. The highest BCUT2D eigenvalue weighted by molar-refractivity contribution is 7.90. The molecule has 0 saturated heterocycles. The first-order valence-electron chi connectivity index (χ1n) is 7.67. The van der Waals surface area contributed by atoms with Gasteiger partial charge in [0.1, 0.15) is 0 Å². The predicted molar refractivity (Wildman–Crippen MR) is 95.1 cm³/mol. The van der Waals surface area contributed by atoms with Crippen molar-refractivity contribution in [1.29, 1.82) is 0 Å². The van der Waals surface area contributed by atoms with Crippen LogP contribution in [0.2, 0.25) is 5.02 Å². The van der Waals surface area contributed by atoms with Gasteiger partial charge in [-0.15, -0.1) is 0 Å². The summed E-state index contributed by atoms with van der Waals surface area (Å²) in [4.78, 5) is 30.0. The van der Waals surface area contributed by atoms with Gasteiger partial charge in [0.05, 0.1) is 11.2 Å². The zero-order chi connectivity index (χ0) is 19.0. The van der Waals surface area contributed by atoms with Crippen LogP contribution < -0.4 is 15.4 Å². The molecule has 1 heterocycles. The van der Waals surface area contributed by atoms with E-state index in [0.717, 1.165) is 5.69 Å². The largest absolute Gasteiger partial charge is 0.356 e. The Balaban J connectivity index is 1.67. The standard InChI is InChI=1S/C15H18ClN5O4S/c16-11-1-3-13(4-2-11)26(24,25)21-15(23)19-8-6-14(22)18-7-5-12-9-17-10-20-12/h1-4,9-10H,5-8H2,(H,17,20)(H,18,22)(H2,19,21,23). The SMILES string of the molecule is O=C(CCNC(=O)NS(=O)(=O)c1ccc(Cl)cc1)NCCc1cnc[nH]1. The van der Waals surface area contributed by atoms with Gasteiger partial charge < -0.3 is 15.6 Å². The Morgan fingerprint density at radius 1 is 1.12 bits per heavy atom. The van der Waals surface area contributed by atoms with Crippen molar-refractivity contribution in [1.82, 2.24) is 25.3 Å². The number of urea groups is 1. The highest BCUT2D eigenvalue weighted by Crippen LogP contribution is 2.13. The smallest absolute Gasteiger partial charge is 0.328 e. The highest BCUT2D eigenvalue weighted by atomic mass is 35.5. The summed E-state index contributed by atoms with van der Waals surface area (Å²) < 4.78 is 25.9. The number of sulfonamides is 1. The topological polar surface area (TPSA) is 133 Å². The number of hydrogen-bond acceptors (Lipinski definition) is 5. The van der Waals surface area contributed by atoms with Gasteiger partial charge in [0.25, 0.3) is 10.0 Å². The maximum atomic E-state index is 12.0. The zero-order valence-electron chi connectivity index (χ0n) is 13.7. The predicted octanol–water partition coefficient (Wildman–Crippen LogP) is 0.800. The Morgan fingerprint density at radius 2 is 1.85 bits per heavy atom. The number of halogens is 1. The lowest BCUT2D eigenvalue weighted by molar-refractivity contribution is -0.120. The number of carbonyl (C=O) groups excluding carboxylic acids is 2. The normalized spacial score (nSPS) is 11.0. The molecule has 0 saturated carbocycles. The lowest BCUT2D eigenvalue weighted by atomic mass is 10.3. The molecule has 26 heavy (non-hydrogen) atoms. The van der Waals surface area contributed by atoms with E-state index in [9.17, 15) is 18.0 Å². The number of H-pyrrole nitrogens is 1. The maximum Gasteiger partial charge on any atom is 0.328 e. The first-order chi connectivity index (χ1) is 12.4. The molecule has 0 aliphatic rings. The number of aromatic nitrogens is 2. The summed E-state index contributed by atoms with van der Waals surface area (Å²) in [6, 6.07) is 4.46. The lowest BCUT2D eigenvalue weighted by Crippen LogP contribution is -2.41. The number of nitrogens with zero attached hydrogens (tertiary/aromatic N) is 1. The molecule has 0 bridgehead atoms. The van der Waals surface area contributed by atoms with Crippen LogP contribution in [0.1, 0.15) is 12.1 Å². The summed E-state index contributed by atoms with van der Waals surface area (Å²) in [5.41, 5.74) is 0.898. The molecule has 11 heteroatoms. The molecule has 1 aromatic heterocycles. The first-order valence-corrected chi connectivity index (χ1v) is 9.53. The first kappa shape index (κ1) is 19.7. The second-order valence-corrected chi connectivity index (χ2v) is 7.36. The van der Waals surface area contributed by atoms with Gasteiger partial charge in [-0.25, -0.2) is 22.9 Å². The van der Waals surface area contributed by atoms with Crippen LogP contribution >= 0.6 is 11.6 Å². The van der Waals surface area contributed by atoms with Crippen LogP contribution in [0.5, 0.6) is 0 Å². The average molecular weight is 400 g/mol. The summed E-state index contributed by atoms with van der Waals surface area (Å²) in [6.45, 7) is 0.427. The van der Waals surface area contributed by atoms with E-state index in [2.05, 4.69) is 20.6 Å². The van der Waals surface area contributed by atoms with Crippen molar-refractivity contribution in [2.75, 3.05) is 13.1 Å². The molecule has 2 rings (SSSR count). The number of nitrogens with one attached hydrogen (secondary N) is 4. The quantitative estimate of drug-likeness (QED) is 0.521. The van der Waals surface area contributed by atoms with Crippen molar-refractivity contribution in [2.45, 2.75) is 17.7 Å². The van der Waals surface area contributed by atoms with Crippen LogP contribution in [0, 0.1) is 0 Å². The summed E-state index contributed by atoms with van der Waals surface area (Å²) in [6.07, 6.45) is 3.85. The molecule has 9 nitrogen and oxygen atoms in total. The van der Waals surface area contributed by atoms with Crippen molar-refractivity contribution >= 4 is 33.6 Å². The Morgan fingerprint density at radius 3 is 2.50 bits per heavy atom. The molecular weight excluding hydrogens is 382 g/mol. The fraction of sp³-hybridized carbons (Fsp3) is 0.267. The van der Waals surface area contributed by atoms with Gasteiger partial charge in [0.2, 0.25) is 5.91 Å². The molecule has 0 spiro atoms. The number of benzene rings is 1. The summed E-state index contributed by atoms with van der Waals surface area (Å²) in [7, 11) is -4.00. The number of hydrogen-bond donors (Lipinski definition) is 4. The molecule has 0 aliphatic heterocycles. The van der Waals surface area contributed by atoms with Gasteiger partial charge in [-0.05, 0) is 24.3 Å². The minimum atomic E-state index is -4.00. The van der Waals surface area contributed by atoms with Gasteiger partial charge in [-0.1, -0.05) is 11.6 Å². The second-order valence-electron chi connectivity index (χ2n) is 5.24. The molecule has 0 aliphatic carbocycles. The van der Waals surface area contributed by atoms with Crippen LogP contribution in [0.15, 0.2) is 41.7 Å². The van der Waals surface area contributed by atoms with E-state index < -0.39 is 16.1 Å². The minimum absolute atomic E-state index is 0.00212. The maximum absolute atomic E-state index is 12.0. The number of imidazole rings is 1. The van der Waals surface area contributed by atoms with Crippen LogP contribution in [0.4, 0.5) is 4.79 Å². The molecule has 0 radical (unpaired) electrons. The molecule has 2 aromatic rings. The van der Waals surface area contributed by atoms with E-state index in [-0.39, 0.29) is 23.8 Å². The third-order valence-electron chi connectivity index (χ3n) is 3.26. The zero-order valence-corrected chi connectivity index (χ0v) is 15.2. The molecule has 140 valence electrons. The van der Waals surface area contributed by atoms with Crippen molar-refractivity contribution in [2.24, 2.45) is 0 Å². The summed E-state index contributed by atoms with van der Waals surface area (Å²) in [5, 5.41) is 5.39. The Hall–Kier alpha value is -2.59. The van der Waals surface area contributed by atoms with Crippen LogP contribution in [0.3, 0.4) is 0 Å². The van der Waals surface area contributed by atoms with E-state index >= 15 is 0 Å². The molecule has 0 unspecified atom stereocenters. The van der Waals surface area contributed by atoms with Gasteiger partial charge >= 0.3 is 6.03 Å². The van der Waals surface area contributed by atoms with Gasteiger partial charge in [0, 0.05) is 42.8 Å². The lowest BCUT2D eigenvalue weighted by Gasteiger charge is -2.09. The Kier molecular flexibility index (Phi) is 6.98. The Bertz CT molecular complexity index is 837. The van der Waals surface area contributed by atoms with Gasteiger partial charge in [-0.3, -0.25) is 4.79 Å². The van der Waals surface area contributed by atoms with E-state index in [0.29, 0.717) is 18.0 Å². The molecule has 0 atom stereocenters. The fourth-order valence-electron chi connectivity index (χ4n) is 1.97. The van der Waals surface area contributed by atoms with Crippen molar-refractivity contribution in [3.63, 3.8) is 0 Å². The van der Waals surface area contributed by atoms with Crippen LogP contribution in [-0.2, 0) is 21.2 Å². The molecule has 3 amide bonds. The van der Waals surface area contributed by atoms with Crippen molar-refractivity contribution in [3.05, 3.63) is 47.5 Å².